The molecule has 4 aromatic rings. The molecule has 3 aromatic carbocycles. The van der Waals surface area contributed by atoms with E-state index in [9.17, 15) is 8.42 Å². The van der Waals surface area contributed by atoms with Gasteiger partial charge in [0, 0.05) is 38.1 Å². The second-order valence-corrected chi connectivity index (χ2v) is 12.1. The van der Waals surface area contributed by atoms with Crippen LogP contribution >= 0.6 is 0 Å². The Hall–Kier alpha value is -3.37. The number of piperazine rings is 1. The Morgan fingerprint density at radius 2 is 1.49 bits per heavy atom. The van der Waals surface area contributed by atoms with Gasteiger partial charge < -0.3 is 10.2 Å². The van der Waals surface area contributed by atoms with Crippen molar-refractivity contribution in [1.29, 1.82) is 0 Å². The van der Waals surface area contributed by atoms with Crippen molar-refractivity contribution in [2.45, 2.75) is 17.9 Å². The van der Waals surface area contributed by atoms with Crippen molar-refractivity contribution in [3.05, 3.63) is 84.7 Å². The molecule has 0 atom stereocenters. The molecule has 204 valence electrons. The van der Waals surface area contributed by atoms with Crippen molar-refractivity contribution in [1.82, 2.24) is 24.1 Å². The van der Waals surface area contributed by atoms with Crippen LogP contribution in [0.15, 0.2) is 83.8 Å². The lowest BCUT2D eigenvalue weighted by atomic mass is 10.1. The van der Waals surface area contributed by atoms with E-state index in [0.717, 1.165) is 53.2 Å². The maximum atomic E-state index is 13.3. The van der Waals surface area contributed by atoms with Gasteiger partial charge in [-0.3, -0.25) is 4.90 Å². The van der Waals surface area contributed by atoms with Crippen molar-refractivity contribution in [2.75, 3.05) is 58.7 Å². The number of nitrogens with zero attached hydrogens (tertiary/aromatic N) is 5. The molecule has 0 unspecified atom stereocenters. The van der Waals surface area contributed by atoms with Gasteiger partial charge in [-0.1, -0.05) is 54.6 Å². The van der Waals surface area contributed by atoms with E-state index in [4.69, 9.17) is 9.97 Å². The van der Waals surface area contributed by atoms with Crippen molar-refractivity contribution in [2.24, 2.45) is 0 Å². The van der Waals surface area contributed by atoms with Crippen LogP contribution in [-0.2, 0) is 16.6 Å². The summed E-state index contributed by atoms with van der Waals surface area (Å²) >= 11 is 0. The van der Waals surface area contributed by atoms with Gasteiger partial charge in [-0.15, -0.1) is 0 Å². The number of fused-ring (bicyclic) bond motifs is 1. The smallest absolute Gasteiger partial charge is 0.243 e. The number of aromatic nitrogens is 2. The van der Waals surface area contributed by atoms with Gasteiger partial charge in [-0.2, -0.15) is 4.31 Å². The summed E-state index contributed by atoms with van der Waals surface area (Å²) in [4.78, 5) is 14.4. The van der Waals surface area contributed by atoms with E-state index < -0.39 is 10.0 Å². The molecule has 1 aromatic heterocycles. The average molecular weight is 545 g/mol. The molecule has 39 heavy (non-hydrogen) atoms. The van der Waals surface area contributed by atoms with E-state index in [2.05, 4.69) is 29.2 Å². The van der Waals surface area contributed by atoms with Gasteiger partial charge in [0.25, 0.3) is 0 Å². The van der Waals surface area contributed by atoms with E-state index in [0.29, 0.717) is 37.6 Å². The highest BCUT2D eigenvalue weighted by Crippen LogP contribution is 2.24. The SMILES string of the molecule is CN(C)CCCNc1nc(CN2CCN(S(=O)(=O)c3ccc(-c4ccccc4)cc3)CC2)nc2ccccc12. The first-order valence-corrected chi connectivity index (χ1v) is 14.9. The van der Waals surface area contributed by atoms with Crippen molar-refractivity contribution >= 4 is 26.7 Å². The zero-order chi connectivity index (χ0) is 27.2. The Morgan fingerprint density at radius 3 is 2.21 bits per heavy atom. The maximum Gasteiger partial charge on any atom is 0.243 e. The Morgan fingerprint density at radius 1 is 0.821 bits per heavy atom. The van der Waals surface area contributed by atoms with Crippen LogP contribution in [0.4, 0.5) is 5.82 Å². The van der Waals surface area contributed by atoms with Crippen molar-refractivity contribution < 1.29 is 8.42 Å². The summed E-state index contributed by atoms with van der Waals surface area (Å²) in [5, 5.41) is 4.51. The van der Waals surface area contributed by atoms with Crippen LogP contribution in [0.5, 0.6) is 0 Å². The number of benzene rings is 3. The Bertz CT molecular complexity index is 1490. The standard InChI is InChI=1S/C30H36N6O2S/c1-34(2)18-8-17-31-30-27-11-6-7-12-28(27)32-29(33-30)23-35-19-21-36(22-20-35)39(37,38)26-15-13-25(14-16-26)24-9-4-3-5-10-24/h3-7,9-16H,8,17-23H2,1-2H3,(H,31,32,33). The summed E-state index contributed by atoms with van der Waals surface area (Å²) in [7, 11) is 0.599. The number of rotatable bonds is 10. The minimum atomic E-state index is -3.55. The summed E-state index contributed by atoms with van der Waals surface area (Å²) < 4.78 is 28.2. The number of hydrogen-bond donors (Lipinski definition) is 1. The molecular formula is C30H36N6O2S. The minimum Gasteiger partial charge on any atom is -0.369 e. The normalized spacial score (nSPS) is 15.2. The summed E-state index contributed by atoms with van der Waals surface area (Å²) in [6.07, 6.45) is 1.02. The number of nitrogens with one attached hydrogen (secondary N) is 1. The van der Waals surface area contributed by atoms with Crippen LogP contribution in [0.25, 0.3) is 22.0 Å². The third kappa shape index (κ3) is 6.62. The largest absolute Gasteiger partial charge is 0.369 e. The van der Waals surface area contributed by atoms with Gasteiger partial charge in [-0.05, 0) is 62.5 Å². The van der Waals surface area contributed by atoms with Crippen LogP contribution in [-0.4, -0.2) is 85.9 Å². The molecule has 2 heterocycles. The molecule has 1 fully saturated rings. The fraction of sp³-hybridized carbons (Fsp3) is 0.333. The number of hydrogen-bond acceptors (Lipinski definition) is 7. The molecule has 0 aliphatic carbocycles. The molecule has 8 nitrogen and oxygen atoms in total. The maximum absolute atomic E-state index is 13.3. The molecule has 0 spiro atoms. The number of para-hydroxylation sites is 1. The molecular weight excluding hydrogens is 508 g/mol. The first kappa shape index (κ1) is 27.2. The second kappa shape index (κ2) is 12.2. The van der Waals surface area contributed by atoms with Gasteiger partial charge in [0.05, 0.1) is 17.0 Å². The zero-order valence-corrected chi connectivity index (χ0v) is 23.4. The quantitative estimate of drug-likeness (QED) is 0.300. The third-order valence-electron chi connectivity index (χ3n) is 7.02. The summed E-state index contributed by atoms with van der Waals surface area (Å²) in [5.74, 6) is 1.60. The van der Waals surface area contributed by atoms with Gasteiger partial charge in [0.1, 0.15) is 11.6 Å². The van der Waals surface area contributed by atoms with E-state index in [1.54, 1.807) is 16.4 Å². The van der Waals surface area contributed by atoms with Gasteiger partial charge in [0.15, 0.2) is 0 Å². The summed E-state index contributed by atoms with van der Waals surface area (Å²) in [5.41, 5.74) is 2.98. The predicted octanol–water partition coefficient (Wildman–Crippen LogP) is 4.17. The molecule has 1 saturated heterocycles. The Kier molecular flexibility index (Phi) is 8.52. The van der Waals surface area contributed by atoms with Crippen LogP contribution in [0.3, 0.4) is 0 Å². The zero-order valence-electron chi connectivity index (χ0n) is 22.6. The molecule has 1 N–H and O–H groups in total. The first-order valence-electron chi connectivity index (χ1n) is 13.4. The minimum absolute atomic E-state index is 0.332. The molecule has 5 rings (SSSR count). The summed E-state index contributed by atoms with van der Waals surface area (Å²) in [6.45, 7) is 4.55. The van der Waals surface area contributed by atoms with Gasteiger partial charge in [-0.25, -0.2) is 18.4 Å². The van der Waals surface area contributed by atoms with E-state index in [1.807, 2.05) is 66.7 Å². The van der Waals surface area contributed by atoms with Crippen LogP contribution < -0.4 is 5.32 Å². The lowest BCUT2D eigenvalue weighted by molar-refractivity contribution is 0.178. The molecule has 0 bridgehead atoms. The van der Waals surface area contributed by atoms with Crippen molar-refractivity contribution in [3.8, 4) is 11.1 Å². The third-order valence-corrected chi connectivity index (χ3v) is 8.93. The van der Waals surface area contributed by atoms with Gasteiger partial charge >= 0.3 is 0 Å². The molecule has 9 heteroatoms. The Balaban J connectivity index is 1.22. The fourth-order valence-corrected chi connectivity index (χ4v) is 6.28. The number of sulfonamides is 1. The van der Waals surface area contributed by atoms with Crippen LogP contribution in [0, 0.1) is 0 Å². The molecule has 1 aliphatic heterocycles. The van der Waals surface area contributed by atoms with Crippen LogP contribution in [0.1, 0.15) is 12.2 Å². The molecule has 0 radical (unpaired) electrons. The highest BCUT2D eigenvalue weighted by molar-refractivity contribution is 7.89. The van der Waals surface area contributed by atoms with Crippen molar-refractivity contribution in [3.63, 3.8) is 0 Å². The summed E-state index contributed by atoms with van der Waals surface area (Å²) in [6, 6.07) is 25.2. The predicted molar refractivity (Wildman–Crippen MR) is 157 cm³/mol. The van der Waals surface area contributed by atoms with E-state index in [-0.39, 0.29) is 0 Å². The highest BCUT2D eigenvalue weighted by atomic mass is 32.2. The monoisotopic (exact) mass is 544 g/mol. The highest BCUT2D eigenvalue weighted by Gasteiger charge is 2.29. The van der Waals surface area contributed by atoms with E-state index in [1.165, 1.54) is 0 Å². The molecule has 0 saturated carbocycles. The molecule has 1 aliphatic rings. The van der Waals surface area contributed by atoms with E-state index >= 15 is 0 Å². The first-order chi connectivity index (χ1) is 18.9. The molecule has 0 amide bonds. The Labute approximate surface area is 231 Å². The number of anilines is 1. The van der Waals surface area contributed by atoms with Crippen LogP contribution in [0.2, 0.25) is 0 Å². The van der Waals surface area contributed by atoms with Gasteiger partial charge in [0.2, 0.25) is 10.0 Å². The fourth-order valence-electron chi connectivity index (χ4n) is 4.86. The second-order valence-electron chi connectivity index (χ2n) is 10.2. The lowest BCUT2D eigenvalue weighted by Crippen LogP contribution is -2.48. The average Bonchev–Trinajstić information content (AvgIpc) is 2.96. The topological polar surface area (TPSA) is 81.7 Å². The lowest BCUT2D eigenvalue weighted by Gasteiger charge is -2.33.